The van der Waals surface area contributed by atoms with E-state index in [1.54, 1.807) is 0 Å². The molecule has 4 amide bonds. The van der Waals surface area contributed by atoms with Crippen molar-refractivity contribution in [3.05, 3.63) is 0 Å². The second-order valence-corrected chi connectivity index (χ2v) is 4.86. The zero-order chi connectivity index (χ0) is 13.2. The van der Waals surface area contributed by atoms with Gasteiger partial charge in [0.15, 0.2) is 0 Å². The minimum absolute atomic E-state index is 0.0637. The molecule has 0 radical (unpaired) electrons. The fraction of sp³-hybridized carbons (Fsp3) is 0.727. The third kappa shape index (κ3) is 2.79. The van der Waals surface area contributed by atoms with Gasteiger partial charge in [-0.1, -0.05) is 0 Å². The predicted molar refractivity (Wildman–Crippen MR) is 61.7 cm³/mol. The average Bonchev–Trinajstić information content (AvgIpc) is 2.85. The van der Waals surface area contributed by atoms with Gasteiger partial charge in [0, 0.05) is 13.2 Å². The molecule has 2 fully saturated rings. The Morgan fingerprint density at radius 2 is 2.33 bits per heavy atom. The van der Waals surface area contributed by atoms with E-state index >= 15 is 0 Å². The molecule has 0 aromatic rings. The second kappa shape index (κ2) is 4.93. The molecule has 2 atom stereocenters. The highest BCUT2D eigenvalue weighted by atomic mass is 16.5. The Morgan fingerprint density at radius 1 is 1.56 bits per heavy atom. The smallest absolute Gasteiger partial charge is 0.322 e. The van der Waals surface area contributed by atoms with Gasteiger partial charge in [0.05, 0.1) is 12.5 Å². The van der Waals surface area contributed by atoms with Crippen molar-refractivity contribution in [2.24, 2.45) is 0 Å². The highest BCUT2D eigenvalue weighted by Crippen LogP contribution is 2.15. The van der Waals surface area contributed by atoms with Gasteiger partial charge >= 0.3 is 6.03 Å². The molecule has 2 aliphatic heterocycles. The van der Waals surface area contributed by atoms with Crippen molar-refractivity contribution >= 4 is 17.8 Å². The van der Waals surface area contributed by atoms with Crippen LogP contribution in [0.4, 0.5) is 4.79 Å². The molecule has 2 heterocycles. The summed E-state index contributed by atoms with van der Waals surface area (Å²) >= 11 is 0. The molecular formula is C11H17N3O4. The zero-order valence-corrected chi connectivity index (χ0v) is 10.2. The van der Waals surface area contributed by atoms with E-state index in [1.807, 2.05) is 0 Å². The quantitative estimate of drug-likeness (QED) is 0.577. The van der Waals surface area contributed by atoms with Gasteiger partial charge in [-0.25, -0.2) is 4.79 Å². The summed E-state index contributed by atoms with van der Waals surface area (Å²) in [5.74, 6) is -0.745. The maximum Gasteiger partial charge on any atom is 0.322 e. The molecule has 3 N–H and O–H groups in total. The first-order valence-corrected chi connectivity index (χ1v) is 6.01. The molecule has 0 aromatic heterocycles. The van der Waals surface area contributed by atoms with Crippen molar-refractivity contribution in [2.75, 3.05) is 13.2 Å². The van der Waals surface area contributed by atoms with Crippen LogP contribution < -0.4 is 16.0 Å². The molecule has 2 aliphatic rings. The number of carbonyl (C=O) groups excluding carboxylic acids is 3. The molecule has 0 bridgehead atoms. The van der Waals surface area contributed by atoms with Gasteiger partial charge in [-0.15, -0.1) is 0 Å². The molecule has 7 heteroatoms. The Labute approximate surface area is 105 Å². The maximum atomic E-state index is 11.7. The Morgan fingerprint density at radius 3 is 2.89 bits per heavy atom. The molecule has 0 aliphatic carbocycles. The van der Waals surface area contributed by atoms with Crippen LogP contribution in [0.15, 0.2) is 0 Å². The number of urea groups is 1. The van der Waals surface area contributed by atoms with Crippen LogP contribution in [0.3, 0.4) is 0 Å². The lowest BCUT2D eigenvalue weighted by atomic mass is 9.98. The van der Waals surface area contributed by atoms with Gasteiger partial charge in [-0.3, -0.25) is 14.9 Å². The van der Waals surface area contributed by atoms with Gasteiger partial charge in [0.1, 0.15) is 5.54 Å². The first-order chi connectivity index (χ1) is 8.49. The summed E-state index contributed by atoms with van der Waals surface area (Å²) in [5.41, 5.74) is -1.16. The van der Waals surface area contributed by atoms with Crippen LogP contribution in [-0.4, -0.2) is 42.6 Å². The molecule has 2 saturated heterocycles. The van der Waals surface area contributed by atoms with Crippen molar-refractivity contribution in [2.45, 2.75) is 37.8 Å². The van der Waals surface area contributed by atoms with E-state index in [9.17, 15) is 14.4 Å². The standard InChI is InChI=1S/C11H17N3O4/c1-11(9(16)13-10(17)14-11)5-8(15)12-6-7-3-2-4-18-7/h7H,2-6H2,1H3,(H,12,15)(H2,13,14,16,17). The van der Waals surface area contributed by atoms with Crippen LogP contribution in [0.2, 0.25) is 0 Å². The van der Waals surface area contributed by atoms with Crippen molar-refractivity contribution in [3.8, 4) is 0 Å². The van der Waals surface area contributed by atoms with Gasteiger partial charge < -0.3 is 15.4 Å². The number of imide groups is 1. The van der Waals surface area contributed by atoms with E-state index in [1.165, 1.54) is 6.92 Å². The Balaban J connectivity index is 1.79. The van der Waals surface area contributed by atoms with E-state index in [2.05, 4.69) is 16.0 Å². The van der Waals surface area contributed by atoms with Gasteiger partial charge in [0.25, 0.3) is 5.91 Å². The van der Waals surface area contributed by atoms with Crippen molar-refractivity contribution < 1.29 is 19.1 Å². The summed E-state index contributed by atoms with van der Waals surface area (Å²) in [5, 5.41) is 7.28. The first kappa shape index (κ1) is 12.8. The fourth-order valence-electron chi connectivity index (χ4n) is 2.12. The van der Waals surface area contributed by atoms with Crippen LogP contribution >= 0.6 is 0 Å². The van der Waals surface area contributed by atoms with E-state index in [4.69, 9.17) is 4.74 Å². The maximum absolute atomic E-state index is 11.7. The molecule has 2 unspecified atom stereocenters. The number of ether oxygens (including phenoxy) is 1. The third-order valence-corrected chi connectivity index (χ3v) is 3.18. The molecule has 0 aromatic carbocycles. The third-order valence-electron chi connectivity index (χ3n) is 3.18. The summed E-state index contributed by atoms with van der Waals surface area (Å²) in [6.45, 7) is 2.71. The topological polar surface area (TPSA) is 96.5 Å². The van der Waals surface area contributed by atoms with Crippen LogP contribution in [0, 0.1) is 0 Å². The highest BCUT2D eigenvalue weighted by molar-refractivity contribution is 6.08. The molecule has 100 valence electrons. The molecule has 0 spiro atoms. The molecule has 7 nitrogen and oxygen atoms in total. The Bertz CT molecular complexity index is 378. The van der Waals surface area contributed by atoms with E-state index in [0.717, 1.165) is 19.4 Å². The zero-order valence-electron chi connectivity index (χ0n) is 10.2. The highest BCUT2D eigenvalue weighted by Gasteiger charge is 2.43. The SMILES string of the molecule is CC1(CC(=O)NCC2CCCO2)NC(=O)NC1=O. The monoisotopic (exact) mass is 255 g/mol. The minimum atomic E-state index is -1.16. The van der Waals surface area contributed by atoms with Crippen molar-refractivity contribution in [1.29, 1.82) is 0 Å². The summed E-state index contributed by atoms with van der Waals surface area (Å²) in [6, 6.07) is -0.561. The Hall–Kier alpha value is -1.63. The van der Waals surface area contributed by atoms with Crippen LogP contribution in [-0.2, 0) is 14.3 Å². The lowest BCUT2D eigenvalue weighted by Crippen LogP contribution is -2.48. The summed E-state index contributed by atoms with van der Waals surface area (Å²) in [4.78, 5) is 34.2. The van der Waals surface area contributed by atoms with Crippen molar-refractivity contribution in [1.82, 2.24) is 16.0 Å². The number of hydrogen-bond donors (Lipinski definition) is 3. The number of rotatable bonds is 4. The van der Waals surface area contributed by atoms with Crippen LogP contribution in [0.5, 0.6) is 0 Å². The first-order valence-electron chi connectivity index (χ1n) is 6.01. The van der Waals surface area contributed by atoms with Gasteiger partial charge in [0.2, 0.25) is 5.91 Å². The lowest BCUT2D eigenvalue weighted by molar-refractivity contribution is -0.129. The van der Waals surface area contributed by atoms with Gasteiger partial charge in [-0.2, -0.15) is 0 Å². The molecule has 0 saturated carbocycles. The molecular weight excluding hydrogens is 238 g/mol. The van der Waals surface area contributed by atoms with Crippen LogP contribution in [0.25, 0.3) is 0 Å². The average molecular weight is 255 g/mol. The largest absolute Gasteiger partial charge is 0.376 e. The summed E-state index contributed by atoms with van der Waals surface area (Å²) < 4.78 is 5.37. The minimum Gasteiger partial charge on any atom is -0.376 e. The molecule has 2 rings (SSSR count). The number of amides is 4. The lowest BCUT2D eigenvalue weighted by Gasteiger charge is -2.20. The van der Waals surface area contributed by atoms with Gasteiger partial charge in [-0.05, 0) is 19.8 Å². The molecule has 18 heavy (non-hydrogen) atoms. The predicted octanol–water partition coefficient (Wildman–Crippen LogP) is -0.730. The van der Waals surface area contributed by atoms with E-state index in [-0.39, 0.29) is 18.4 Å². The number of hydrogen-bond acceptors (Lipinski definition) is 4. The van der Waals surface area contributed by atoms with Crippen molar-refractivity contribution in [3.63, 3.8) is 0 Å². The number of carbonyl (C=O) groups is 3. The second-order valence-electron chi connectivity index (χ2n) is 4.86. The Kier molecular flexibility index (Phi) is 3.51. The number of nitrogens with one attached hydrogen (secondary N) is 3. The van der Waals surface area contributed by atoms with E-state index in [0.29, 0.717) is 6.54 Å². The fourth-order valence-corrected chi connectivity index (χ4v) is 2.12. The van der Waals surface area contributed by atoms with Crippen LogP contribution in [0.1, 0.15) is 26.2 Å². The van der Waals surface area contributed by atoms with E-state index < -0.39 is 17.5 Å². The summed E-state index contributed by atoms with van der Waals surface area (Å²) in [6.07, 6.45) is 1.94. The summed E-state index contributed by atoms with van der Waals surface area (Å²) in [7, 11) is 0. The normalized spacial score (nSPS) is 31.1.